The van der Waals surface area contributed by atoms with Crippen LogP contribution in [0.15, 0.2) is 18.2 Å². The van der Waals surface area contributed by atoms with Gasteiger partial charge in [0.25, 0.3) is 0 Å². The molecule has 0 aliphatic heterocycles. The lowest BCUT2D eigenvalue weighted by atomic mass is 10.1. The first-order valence-electron chi connectivity index (χ1n) is 5.90. The number of ether oxygens (including phenoxy) is 1. The van der Waals surface area contributed by atoms with Crippen LogP contribution in [0.3, 0.4) is 0 Å². The summed E-state index contributed by atoms with van der Waals surface area (Å²) < 4.78 is 7.38. The molecule has 0 radical (unpaired) electrons. The Morgan fingerprint density at radius 1 is 1.39 bits per heavy atom. The molecule has 0 fully saturated rings. The summed E-state index contributed by atoms with van der Waals surface area (Å²) in [6.07, 6.45) is 0.113. The third-order valence-electron chi connectivity index (χ3n) is 3.22. The number of fused-ring (bicyclic) bond motifs is 1. The van der Waals surface area contributed by atoms with Crippen molar-refractivity contribution in [2.24, 2.45) is 0 Å². The lowest BCUT2D eigenvalue weighted by Crippen LogP contribution is -2.06. The van der Waals surface area contributed by atoms with Crippen molar-refractivity contribution in [3.05, 3.63) is 29.5 Å². The van der Waals surface area contributed by atoms with E-state index in [1.165, 1.54) is 5.56 Å². The molecule has 2 rings (SSSR count). The molecule has 4 nitrogen and oxygen atoms in total. The average Bonchev–Trinajstić information content (AvgIpc) is 2.65. The Labute approximate surface area is 106 Å². The highest BCUT2D eigenvalue weighted by Gasteiger charge is 2.13. The van der Waals surface area contributed by atoms with Gasteiger partial charge in [0.1, 0.15) is 5.75 Å². The largest absolute Gasteiger partial charge is 0.495 e. The Morgan fingerprint density at radius 2 is 2.11 bits per heavy atom. The van der Waals surface area contributed by atoms with E-state index in [4.69, 9.17) is 9.84 Å². The standard InChI is InChI=1S/C14H17NO3/c1-9-4-5-12(18-3)14-11(9)8-10(2)15(14)7-6-13(16)17/h4-5,8H,6-7H2,1-3H3,(H,16,17). The number of carboxylic acids is 1. The summed E-state index contributed by atoms with van der Waals surface area (Å²) in [5.74, 6) is -0.00282. The van der Waals surface area contributed by atoms with Gasteiger partial charge in [-0.25, -0.2) is 0 Å². The maximum absolute atomic E-state index is 10.7. The van der Waals surface area contributed by atoms with Crippen LogP contribution in [0, 0.1) is 13.8 Å². The predicted octanol–water partition coefficient (Wildman–Crippen LogP) is 2.74. The van der Waals surface area contributed by atoms with Crippen LogP contribution in [0.1, 0.15) is 17.7 Å². The van der Waals surface area contributed by atoms with E-state index < -0.39 is 5.97 Å². The van der Waals surface area contributed by atoms with Crippen LogP contribution in [-0.2, 0) is 11.3 Å². The van der Waals surface area contributed by atoms with Gasteiger partial charge in [-0.3, -0.25) is 4.79 Å². The summed E-state index contributed by atoms with van der Waals surface area (Å²) in [5.41, 5.74) is 3.21. The van der Waals surface area contributed by atoms with Gasteiger partial charge in [-0.2, -0.15) is 0 Å². The molecule has 0 spiro atoms. The summed E-state index contributed by atoms with van der Waals surface area (Å²) in [5, 5.41) is 9.93. The number of carboxylic acid groups (broad SMARTS) is 1. The minimum absolute atomic E-state index is 0.113. The van der Waals surface area contributed by atoms with Gasteiger partial charge in [0.15, 0.2) is 0 Å². The van der Waals surface area contributed by atoms with Gasteiger partial charge in [-0.05, 0) is 31.5 Å². The summed E-state index contributed by atoms with van der Waals surface area (Å²) in [7, 11) is 1.63. The van der Waals surface area contributed by atoms with Crippen LogP contribution >= 0.6 is 0 Å². The fourth-order valence-corrected chi connectivity index (χ4v) is 2.27. The second-order valence-corrected chi connectivity index (χ2v) is 4.43. The number of aromatic nitrogens is 1. The monoisotopic (exact) mass is 247 g/mol. The van der Waals surface area contributed by atoms with Gasteiger partial charge in [0.2, 0.25) is 0 Å². The summed E-state index contributed by atoms with van der Waals surface area (Å²) in [6.45, 7) is 4.49. The number of hydrogen-bond donors (Lipinski definition) is 1. The molecular weight excluding hydrogens is 230 g/mol. The van der Waals surface area contributed by atoms with E-state index in [1.807, 2.05) is 30.5 Å². The quantitative estimate of drug-likeness (QED) is 0.903. The molecule has 1 heterocycles. The van der Waals surface area contributed by atoms with Crippen molar-refractivity contribution in [3.63, 3.8) is 0 Å². The molecule has 0 amide bonds. The van der Waals surface area contributed by atoms with E-state index in [-0.39, 0.29) is 6.42 Å². The summed E-state index contributed by atoms with van der Waals surface area (Å²) >= 11 is 0. The molecule has 1 N–H and O–H groups in total. The summed E-state index contributed by atoms with van der Waals surface area (Å²) in [6, 6.07) is 6.02. The first-order chi connectivity index (χ1) is 8.54. The highest BCUT2D eigenvalue weighted by atomic mass is 16.5. The smallest absolute Gasteiger partial charge is 0.305 e. The lowest BCUT2D eigenvalue weighted by Gasteiger charge is -2.10. The molecule has 2 aromatic rings. The molecule has 0 saturated heterocycles. The number of benzene rings is 1. The molecule has 96 valence electrons. The van der Waals surface area contributed by atoms with E-state index in [1.54, 1.807) is 7.11 Å². The number of methoxy groups -OCH3 is 1. The maximum atomic E-state index is 10.7. The molecule has 0 unspecified atom stereocenters. The molecule has 1 aromatic heterocycles. The summed E-state index contributed by atoms with van der Waals surface area (Å²) in [4.78, 5) is 10.7. The van der Waals surface area contributed by atoms with Crippen molar-refractivity contribution < 1.29 is 14.6 Å². The minimum atomic E-state index is -0.789. The average molecular weight is 247 g/mol. The second kappa shape index (κ2) is 4.72. The Bertz CT molecular complexity index is 599. The Kier molecular flexibility index (Phi) is 3.28. The number of nitrogens with zero attached hydrogens (tertiary/aromatic N) is 1. The normalized spacial score (nSPS) is 10.8. The van der Waals surface area contributed by atoms with Gasteiger partial charge in [-0.15, -0.1) is 0 Å². The van der Waals surface area contributed by atoms with Crippen LogP contribution in [0.25, 0.3) is 10.9 Å². The molecule has 4 heteroatoms. The minimum Gasteiger partial charge on any atom is -0.495 e. The number of rotatable bonds is 4. The van der Waals surface area contributed by atoms with Crippen molar-refractivity contribution in [1.29, 1.82) is 0 Å². The van der Waals surface area contributed by atoms with Crippen molar-refractivity contribution in [1.82, 2.24) is 4.57 Å². The van der Waals surface area contributed by atoms with E-state index in [0.29, 0.717) is 6.54 Å². The first kappa shape index (κ1) is 12.5. The molecule has 0 aliphatic rings. The lowest BCUT2D eigenvalue weighted by molar-refractivity contribution is -0.137. The number of aryl methyl sites for hydroxylation is 3. The van der Waals surface area contributed by atoms with Crippen LogP contribution in [0.5, 0.6) is 5.75 Å². The molecular formula is C14H17NO3. The first-order valence-corrected chi connectivity index (χ1v) is 5.90. The molecule has 18 heavy (non-hydrogen) atoms. The number of aliphatic carboxylic acids is 1. The molecule has 0 bridgehead atoms. The fourth-order valence-electron chi connectivity index (χ4n) is 2.27. The molecule has 0 saturated carbocycles. The molecule has 0 atom stereocenters. The Morgan fingerprint density at radius 3 is 2.72 bits per heavy atom. The zero-order valence-electron chi connectivity index (χ0n) is 10.9. The van der Waals surface area contributed by atoms with Crippen molar-refractivity contribution in [2.75, 3.05) is 7.11 Å². The third-order valence-corrected chi connectivity index (χ3v) is 3.22. The highest BCUT2D eigenvalue weighted by molar-refractivity contribution is 5.90. The molecule has 1 aromatic carbocycles. The van der Waals surface area contributed by atoms with Crippen molar-refractivity contribution in [3.8, 4) is 5.75 Å². The van der Waals surface area contributed by atoms with Crippen LogP contribution in [-0.4, -0.2) is 22.8 Å². The van der Waals surface area contributed by atoms with Gasteiger partial charge >= 0.3 is 5.97 Å². The SMILES string of the molecule is COc1ccc(C)c2cc(C)n(CCC(=O)O)c12. The third kappa shape index (κ3) is 2.06. The van der Waals surface area contributed by atoms with Gasteiger partial charge in [0.05, 0.1) is 19.0 Å². The van der Waals surface area contributed by atoms with Crippen molar-refractivity contribution >= 4 is 16.9 Å². The van der Waals surface area contributed by atoms with Crippen LogP contribution in [0.4, 0.5) is 0 Å². The number of hydrogen-bond acceptors (Lipinski definition) is 2. The van der Waals surface area contributed by atoms with Gasteiger partial charge < -0.3 is 14.4 Å². The zero-order valence-corrected chi connectivity index (χ0v) is 10.9. The van der Waals surface area contributed by atoms with Gasteiger partial charge in [0, 0.05) is 17.6 Å². The van der Waals surface area contributed by atoms with Crippen molar-refractivity contribution in [2.45, 2.75) is 26.8 Å². The number of carbonyl (C=O) groups is 1. The van der Waals surface area contributed by atoms with Crippen LogP contribution < -0.4 is 4.74 Å². The van der Waals surface area contributed by atoms with Crippen LogP contribution in [0.2, 0.25) is 0 Å². The van der Waals surface area contributed by atoms with E-state index in [2.05, 4.69) is 6.07 Å². The highest BCUT2D eigenvalue weighted by Crippen LogP contribution is 2.31. The van der Waals surface area contributed by atoms with E-state index >= 15 is 0 Å². The van der Waals surface area contributed by atoms with E-state index in [9.17, 15) is 4.79 Å². The van der Waals surface area contributed by atoms with Gasteiger partial charge in [-0.1, -0.05) is 6.07 Å². The second-order valence-electron chi connectivity index (χ2n) is 4.43. The molecule has 0 aliphatic carbocycles. The van der Waals surface area contributed by atoms with E-state index in [0.717, 1.165) is 22.3 Å². The zero-order chi connectivity index (χ0) is 13.3. The Hall–Kier alpha value is -1.97. The fraction of sp³-hybridized carbons (Fsp3) is 0.357. The topological polar surface area (TPSA) is 51.5 Å². The Balaban J connectivity index is 2.60. The predicted molar refractivity (Wildman–Crippen MR) is 70.2 cm³/mol. The maximum Gasteiger partial charge on any atom is 0.305 e.